The summed E-state index contributed by atoms with van der Waals surface area (Å²) in [6, 6.07) is 4.27. The summed E-state index contributed by atoms with van der Waals surface area (Å²) in [5, 5.41) is 3.30. The van der Waals surface area contributed by atoms with Gasteiger partial charge in [0.2, 0.25) is 5.91 Å². The number of carbonyl (C=O) groups excluding carboxylic acids is 1. The van der Waals surface area contributed by atoms with Crippen LogP contribution in [-0.4, -0.2) is 41.5 Å². The molecule has 1 fully saturated rings. The third-order valence-corrected chi connectivity index (χ3v) is 3.58. The number of piperazine rings is 1. The molecule has 1 aliphatic rings. The molecule has 1 N–H and O–H groups in total. The van der Waals surface area contributed by atoms with Gasteiger partial charge in [-0.2, -0.15) is 0 Å². The number of hydrogen-bond acceptors (Lipinski definition) is 3. The molecule has 2 atom stereocenters. The van der Waals surface area contributed by atoms with Crippen LogP contribution in [0.4, 0.5) is 0 Å². The van der Waals surface area contributed by atoms with E-state index in [2.05, 4.69) is 24.1 Å². The molecule has 0 aromatic carbocycles. The van der Waals surface area contributed by atoms with Crippen LogP contribution in [-0.2, 0) is 4.79 Å². The van der Waals surface area contributed by atoms with E-state index in [4.69, 9.17) is 0 Å². The first-order chi connectivity index (χ1) is 8.68. The molecule has 1 saturated heterocycles. The minimum atomic E-state index is 0.252. The molecule has 2 heterocycles. The first-order valence-electron chi connectivity index (χ1n) is 6.58. The lowest BCUT2D eigenvalue weighted by atomic mass is 9.98. The van der Waals surface area contributed by atoms with Gasteiger partial charge in [-0.25, -0.2) is 0 Å². The Bertz CT molecular complexity index is 393. The van der Waals surface area contributed by atoms with Gasteiger partial charge < -0.3 is 10.2 Å². The van der Waals surface area contributed by atoms with Crippen LogP contribution >= 0.6 is 0 Å². The minimum Gasteiger partial charge on any atom is -0.337 e. The summed E-state index contributed by atoms with van der Waals surface area (Å²) in [5.74, 6) is 0.510. The van der Waals surface area contributed by atoms with Crippen molar-refractivity contribution >= 4 is 5.91 Å². The molecule has 0 aliphatic carbocycles. The summed E-state index contributed by atoms with van der Waals surface area (Å²) in [6.45, 7) is 6.82. The first kappa shape index (κ1) is 13.0. The maximum atomic E-state index is 12.3. The van der Waals surface area contributed by atoms with Crippen molar-refractivity contribution in [3.8, 4) is 0 Å². The van der Waals surface area contributed by atoms with Gasteiger partial charge in [0.15, 0.2) is 0 Å². The smallest absolute Gasteiger partial charge is 0.223 e. The van der Waals surface area contributed by atoms with E-state index in [1.54, 1.807) is 12.4 Å². The van der Waals surface area contributed by atoms with Crippen molar-refractivity contribution in [3.63, 3.8) is 0 Å². The third kappa shape index (κ3) is 3.07. The second kappa shape index (κ2) is 5.96. The van der Waals surface area contributed by atoms with Crippen molar-refractivity contribution in [2.24, 2.45) is 0 Å². The van der Waals surface area contributed by atoms with Gasteiger partial charge in [-0.1, -0.05) is 6.92 Å². The molecule has 1 amide bonds. The number of carbonyl (C=O) groups is 1. The lowest BCUT2D eigenvalue weighted by Gasteiger charge is -2.34. The van der Waals surface area contributed by atoms with Crippen molar-refractivity contribution in [2.75, 3.05) is 19.6 Å². The molecule has 1 aliphatic heterocycles. The zero-order chi connectivity index (χ0) is 13.0. The summed E-state index contributed by atoms with van der Waals surface area (Å²) >= 11 is 0. The van der Waals surface area contributed by atoms with Gasteiger partial charge in [0.25, 0.3) is 0 Å². The van der Waals surface area contributed by atoms with E-state index in [1.807, 2.05) is 17.0 Å². The van der Waals surface area contributed by atoms with Crippen LogP contribution in [0.25, 0.3) is 0 Å². The summed E-state index contributed by atoms with van der Waals surface area (Å²) in [4.78, 5) is 18.3. The standard InChI is InChI=1S/C14H21N3O/c1-11(13-3-5-15-6-4-13)9-14(18)17-8-7-16-10-12(17)2/h3-6,11-12,16H,7-10H2,1-2H3/t11-,12+/m0/s1. The molecule has 0 bridgehead atoms. The van der Waals surface area contributed by atoms with Crippen LogP contribution in [0.1, 0.15) is 31.7 Å². The van der Waals surface area contributed by atoms with Gasteiger partial charge in [0.05, 0.1) is 0 Å². The monoisotopic (exact) mass is 247 g/mol. The lowest BCUT2D eigenvalue weighted by molar-refractivity contribution is -0.134. The van der Waals surface area contributed by atoms with E-state index in [0.29, 0.717) is 12.5 Å². The average Bonchev–Trinajstić information content (AvgIpc) is 2.40. The highest BCUT2D eigenvalue weighted by Gasteiger charge is 2.24. The topological polar surface area (TPSA) is 45.2 Å². The van der Waals surface area contributed by atoms with Crippen LogP contribution in [0.15, 0.2) is 24.5 Å². The predicted molar refractivity (Wildman–Crippen MR) is 71.3 cm³/mol. The van der Waals surface area contributed by atoms with Crippen LogP contribution in [0.5, 0.6) is 0 Å². The molecule has 0 spiro atoms. The first-order valence-corrected chi connectivity index (χ1v) is 6.58. The fraction of sp³-hybridized carbons (Fsp3) is 0.571. The Hall–Kier alpha value is -1.42. The Balaban J connectivity index is 1.94. The van der Waals surface area contributed by atoms with E-state index in [9.17, 15) is 4.79 Å². The van der Waals surface area contributed by atoms with Crippen molar-refractivity contribution in [3.05, 3.63) is 30.1 Å². The Morgan fingerprint density at radius 1 is 1.56 bits per heavy atom. The molecule has 4 heteroatoms. The summed E-state index contributed by atoms with van der Waals surface area (Å²) in [5.41, 5.74) is 1.18. The summed E-state index contributed by atoms with van der Waals surface area (Å²) < 4.78 is 0. The third-order valence-electron chi connectivity index (χ3n) is 3.58. The van der Waals surface area contributed by atoms with Crippen molar-refractivity contribution in [2.45, 2.75) is 32.2 Å². The molecule has 0 radical (unpaired) electrons. The van der Waals surface area contributed by atoms with Gasteiger partial charge in [-0.15, -0.1) is 0 Å². The largest absolute Gasteiger partial charge is 0.337 e. The normalized spacial score (nSPS) is 21.7. The molecular weight excluding hydrogens is 226 g/mol. The van der Waals surface area contributed by atoms with E-state index in [1.165, 1.54) is 5.56 Å². The number of rotatable bonds is 3. The second-order valence-electron chi connectivity index (χ2n) is 5.03. The number of aromatic nitrogens is 1. The summed E-state index contributed by atoms with van der Waals surface area (Å²) in [6.07, 6.45) is 4.14. The lowest BCUT2D eigenvalue weighted by Crippen LogP contribution is -2.52. The van der Waals surface area contributed by atoms with E-state index in [-0.39, 0.29) is 11.8 Å². The Morgan fingerprint density at radius 2 is 2.28 bits per heavy atom. The van der Waals surface area contributed by atoms with Crippen LogP contribution < -0.4 is 5.32 Å². The van der Waals surface area contributed by atoms with Crippen molar-refractivity contribution < 1.29 is 4.79 Å². The van der Waals surface area contributed by atoms with Crippen molar-refractivity contribution in [1.29, 1.82) is 0 Å². The second-order valence-corrected chi connectivity index (χ2v) is 5.03. The molecule has 1 aromatic rings. The van der Waals surface area contributed by atoms with Gasteiger partial charge in [-0.05, 0) is 30.5 Å². The number of pyridine rings is 1. The number of hydrogen-bond donors (Lipinski definition) is 1. The fourth-order valence-corrected chi connectivity index (χ4v) is 2.40. The predicted octanol–water partition coefficient (Wildman–Crippen LogP) is 1.40. The van der Waals surface area contributed by atoms with Crippen LogP contribution in [0.3, 0.4) is 0 Å². The highest BCUT2D eigenvalue weighted by atomic mass is 16.2. The van der Waals surface area contributed by atoms with Crippen LogP contribution in [0.2, 0.25) is 0 Å². The fourth-order valence-electron chi connectivity index (χ4n) is 2.40. The molecule has 18 heavy (non-hydrogen) atoms. The van der Waals surface area contributed by atoms with E-state index in [0.717, 1.165) is 19.6 Å². The maximum Gasteiger partial charge on any atom is 0.223 e. The molecule has 98 valence electrons. The number of amides is 1. The van der Waals surface area contributed by atoms with Gasteiger partial charge in [0, 0.05) is 44.5 Å². The highest BCUT2D eigenvalue weighted by Crippen LogP contribution is 2.20. The molecule has 0 unspecified atom stereocenters. The van der Waals surface area contributed by atoms with Gasteiger partial charge in [-0.3, -0.25) is 9.78 Å². The zero-order valence-corrected chi connectivity index (χ0v) is 11.1. The number of nitrogens with zero attached hydrogens (tertiary/aromatic N) is 2. The zero-order valence-electron chi connectivity index (χ0n) is 11.1. The van der Waals surface area contributed by atoms with Crippen LogP contribution in [0, 0.1) is 0 Å². The Labute approximate surface area is 108 Å². The Kier molecular flexibility index (Phi) is 4.31. The average molecular weight is 247 g/mol. The SMILES string of the molecule is C[C@@H]1CNCCN1C(=O)C[C@H](C)c1ccncc1. The summed E-state index contributed by atoms with van der Waals surface area (Å²) in [7, 11) is 0. The molecular formula is C14H21N3O. The Morgan fingerprint density at radius 3 is 2.94 bits per heavy atom. The minimum absolute atomic E-state index is 0.252. The van der Waals surface area contributed by atoms with Gasteiger partial charge >= 0.3 is 0 Å². The highest BCUT2D eigenvalue weighted by molar-refractivity contribution is 5.77. The maximum absolute atomic E-state index is 12.3. The quantitative estimate of drug-likeness (QED) is 0.878. The van der Waals surface area contributed by atoms with Crippen molar-refractivity contribution in [1.82, 2.24) is 15.2 Å². The molecule has 1 aromatic heterocycles. The molecule has 2 rings (SSSR count). The number of nitrogens with one attached hydrogen (secondary N) is 1. The van der Waals surface area contributed by atoms with Gasteiger partial charge in [0.1, 0.15) is 0 Å². The molecule has 0 saturated carbocycles. The van der Waals surface area contributed by atoms with E-state index >= 15 is 0 Å². The molecule has 4 nitrogen and oxygen atoms in total. The van der Waals surface area contributed by atoms with E-state index < -0.39 is 0 Å².